The Morgan fingerprint density at radius 3 is 2.00 bits per heavy atom. The third kappa shape index (κ3) is 2.71. The van der Waals surface area contributed by atoms with Gasteiger partial charge in [-0.2, -0.15) is 0 Å². The standard InChI is InChI=1S/C26H20ClN/c1-16-3-6-19(7-4-16)25-21-12-5-17(2)15-23(21)24(22-13-14-28-26(22)25)18-8-10-20(27)11-9-18/h3-15,28H,1-2H3. The molecule has 0 aliphatic carbocycles. The van der Waals surface area contributed by atoms with Crippen LogP contribution in [-0.4, -0.2) is 4.98 Å². The number of hydrogen-bond donors (Lipinski definition) is 1. The minimum absolute atomic E-state index is 0.755. The molecule has 2 heteroatoms. The maximum Gasteiger partial charge on any atom is 0.0546 e. The summed E-state index contributed by atoms with van der Waals surface area (Å²) < 4.78 is 0. The fourth-order valence-electron chi connectivity index (χ4n) is 4.09. The average molecular weight is 382 g/mol. The van der Waals surface area contributed by atoms with E-state index in [0.29, 0.717) is 0 Å². The van der Waals surface area contributed by atoms with Gasteiger partial charge in [-0.05, 0) is 59.5 Å². The lowest BCUT2D eigenvalue weighted by Gasteiger charge is -2.16. The molecular formula is C26H20ClN. The molecule has 1 N–H and O–H groups in total. The van der Waals surface area contributed by atoms with Crippen molar-refractivity contribution in [2.24, 2.45) is 0 Å². The van der Waals surface area contributed by atoms with Crippen LogP contribution in [0.5, 0.6) is 0 Å². The molecule has 0 amide bonds. The molecule has 28 heavy (non-hydrogen) atoms. The van der Waals surface area contributed by atoms with Crippen LogP contribution >= 0.6 is 11.6 Å². The van der Waals surface area contributed by atoms with E-state index < -0.39 is 0 Å². The molecular weight excluding hydrogens is 362 g/mol. The Balaban J connectivity index is 1.95. The Kier molecular flexibility index (Phi) is 3.99. The van der Waals surface area contributed by atoms with Gasteiger partial charge in [0.15, 0.2) is 0 Å². The lowest BCUT2D eigenvalue weighted by Crippen LogP contribution is -1.90. The van der Waals surface area contributed by atoms with E-state index >= 15 is 0 Å². The third-order valence-corrected chi connectivity index (χ3v) is 5.71. The molecule has 0 saturated carbocycles. The summed E-state index contributed by atoms with van der Waals surface area (Å²) in [5, 5.41) is 4.51. The number of hydrogen-bond acceptors (Lipinski definition) is 0. The van der Waals surface area contributed by atoms with Gasteiger partial charge in [-0.15, -0.1) is 0 Å². The predicted octanol–water partition coefficient (Wildman–Crippen LogP) is 7.93. The molecule has 5 aromatic rings. The normalized spacial score (nSPS) is 11.4. The molecule has 0 bridgehead atoms. The quantitative estimate of drug-likeness (QED) is 0.319. The first-order valence-electron chi connectivity index (χ1n) is 9.48. The van der Waals surface area contributed by atoms with E-state index in [1.165, 1.54) is 55.1 Å². The number of H-pyrrole nitrogens is 1. The average Bonchev–Trinajstić information content (AvgIpc) is 3.17. The number of fused-ring (bicyclic) bond motifs is 2. The topological polar surface area (TPSA) is 15.8 Å². The van der Waals surface area contributed by atoms with Gasteiger partial charge in [0.05, 0.1) is 5.52 Å². The molecule has 0 spiro atoms. The summed E-state index contributed by atoms with van der Waals surface area (Å²) in [6.07, 6.45) is 2.04. The van der Waals surface area contributed by atoms with E-state index in [4.69, 9.17) is 11.6 Å². The fraction of sp³-hybridized carbons (Fsp3) is 0.0769. The van der Waals surface area contributed by atoms with Gasteiger partial charge < -0.3 is 4.98 Å². The second-order valence-electron chi connectivity index (χ2n) is 7.44. The molecule has 0 aliphatic rings. The molecule has 0 saturated heterocycles. The molecule has 0 unspecified atom stereocenters. The molecule has 1 aromatic heterocycles. The van der Waals surface area contributed by atoms with E-state index in [2.05, 4.69) is 79.5 Å². The van der Waals surface area contributed by atoms with Gasteiger partial charge in [-0.25, -0.2) is 0 Å². The number of aryl methyl sites for hydroxylation is 2. The number of aromatic nitrogens is 1. The van der Waals surface area contributed by atoms with Crippen molar-refractivity contribution in [2.75, 3.05) is 0 Å². The number of halogens is 1. The molecule has 5 rings (SSSR count). The molecule has 1 heterocycles. The molecule has 0 atom stereocenters. The first kappa shape index (κ1) is 17.1. The predicted molar refractivity (Wildman–Crippen MR) is 121 cm³/mol. The second-order valence-corrected chi connectivity index (χ2v) is 7.87. The fourth-order valence-corrected chi connectivity index (χ4v) is 4.22. The zero-order chi connectivity index (χ0) is 19.3. The van der Waals surface area contributed by atoms with Crippen LogP contribution in [0.3, 0.4) is 0 Å². The molecule has 0 fully saturated rings. The van der Waals surface area contributed by atoms with Crippen molar-refractivity contribution in [1.29, 1.82) is 0 Å². The van der Waals surface area contributed by atoms with Crippen LogP contribution in [0.15, 0.2) is 79.0 Å². The van der Waals surface area contributed by atoms with Crippen molar-refractivity contribution in [3.8, 4) is 22.3 Å². The highest BCUT2D eigenvalue weighted by Gasteiger charge is 2.17. The summed E-state index contributed by atoms with van der Waals surface area (Å²) in [5.41, 5.74) is 8.62. The third-order valence-electron chi connectivity index (χ3n) is 5.45. The second kappa shape index (κ2) is 6.54. The molecule has 4 aromatic carbocycles. The van der Waals surface area contributed by atoms with E-state index in [1.54, 1.807) is 0 Å². The highest BCUT2D eigenvalue weighted by Crippen LogP contribution is 2.43. The molecule has 1 nitrogen and oxygen atoms in total. The lowest BCUT2D eigenvalue weighted by molar-refractivity contribution is 1.45. The number of rotatable bonds is 2. The SMILES string of the molecule is Cc1ccc(-c2c3ccc(C)cc3c(-c3ccc(Cl)cc3)c3cc[nH]c23)cc1. The minimum atomic E-state index is 0.755. The van der Waals surface area contributed by atoms with Crippen molar-refractivity contribution >= 4 is 33.3 Å². The van der Waals surface area contributed by atoms with E-state index in [0.717, 1.165) is 5.02 Å². The zero-order valence-electron chi connectivity index (χ0n) is 15.9. The van der Waals surface area contributed by atoms with E-state index in [9.17, 15) is 0 Å². The summed E-state index contributed by atoms with van der Waals surface area (Å²) in [4.78, 5) is 3.50. The van der Waals surface area contributed by atoms with Gasteiger partial charge in [0.1, 0.15) is 0 Å². The summed E-state index contributed by atoms with van der Waals surface area (Å²) in [6.45, 7) is 4.27. The van der Waals surface area contributed by atoms with Crippen LogP contribution < -0.4 is 0 Å². The molecule has 0 radical (unpaired) electrons. The van der Waals surface area contributed by atoms with E-state index in [1.807, 2.05) is 18.3 Å². The smallest absolute Gasteiger partial charge is 0.0546 e. The Bertz CT molecular complexity index is 1310. The number of aromatic amines is 1. The van der Waals surface area contributed by atoms with Crippen molar-refractivity contribution in [1.82, 2.24) is 4.98 Å². The van der Waals surface area contributed by atoms with Gasteiger partial charge in [0, 0.05) is 22.2 Å². The van der Waals surface area contributed by atoms with Crippen LogP contribution in [-0.2, 0) is 0 Å². The summed E-state index contributed by atoms with van der Waals surface area (Å²) in [5.74, 6) is 0. The first-order valence-corrected chi connectivity index (χ1v) is 9.86. The van der Waals surface area contributed by atoms with Crippen LogP contribution in [0.2, 0.25) is 5.02 Å². The van der Waals surface area contributed by atoms with Gasteiger partial charge in [0.2, 0.25) is 0 Å². The highest BCUT2D eigenvalue weighted by molar-refractivity contribution is 6.30. The first-order chi connectivity index (χ1) is 13.6. The number of nitrogens with one attached hydrogen (secondary N) is 1. The monoisotopic (exact) mass is 381 g/mol. The Labute approximate surface area is 169 Å². The van der Waals surface area contributed by atoms with Crippen molar-refractivity contribution in [2.45, 2.75) is 13.8 Å². The van der Waals surface area contributed by atoms with Crippen molar-refractivity contribution in [3.63, 3.8) is 0 Å². The summed E-state index contributed by atoms with van der Waals surface area (Å²) in [7, 11) is 0. The molecule has 136 valence electrons. The minimum Gasteiger partial charge on any atom is -0.361 e. The maximum absolute atomic E-state index is 6.15. The van der Waals surface area contributed by atoms with Gasteiger partial charge in [-0.1, -0.05) is 77.3 Å². The summed E-state index contributed by atoms with van der Waals surface area (Å²) >= 11 is 6.15. The Hall–Kier alpha value is -3.03. The molecule has 0 aliphatic heterocycles. The summed E-state index contributed by atoms with van der Waals surface area (Å²) in [6, 6.07) is 25.8. The highest BCUT2D eigenvalue weighted by atomic mass is 35.5. The number of benzene rings is 4. The van der Waals surface area contributed by atoms with E-state index in [-0.39, 0.29) is 0 Å². The van der Waals surface area contributed by atoms with Crippen molar-refractivity contribution < 1.29 is 0 Å². The lowest BCUT2D eigenvalue weighted by atomic mass is 9.88. The van der Waals surface area contributed by atoms with Gasteiger partial charge in [-0.3, -0.25) is 0 Å². The Morgan fingerprint density at radius 2 is 1.25 bits per heavy atom. The maximum atomic E-state index is 6.15. The zero-order valence-corrected chi connectivity index (χ0v) is 16.6. The largest absolute Gasteiger partial charge is 0.361 e. The van der Waals surface area contributed by atoms with Crippen LogP contribution in [0.25, 0.3) is 43.9 Å². The Morgan fingerprint density at radius 1 is 0.607 bits per heavy atom. The van der Waals surface area contributed by atoms with Crippen molar-refractivity contribution in [3.05, 3.63) is 95.1 Å². The van der Waals surface area contributed by atoms with Crippen LogP contribution in [0.1, 0.15) is 11.1 Å². The van der Waals surface area contributed by atoms with Gasteiger partial charge in [0.25, 0.3) is 0 Å². The van der Waals surface area contributed by atoms with Gasteiger partial charge >= 0.3 is 0 Å². The van der Waals surface area contributed by atoms with Crippen LogP contribution in [0, 0.1) is 13.8 Å². The van der Waals surface area contributed by atoms with Crippen LogP contribution in [0.4, 0.5) is 0 Å².